The number of hydrogen-bond donors (Lipinski definition) is 8. The molecule has 6 aliphatic carbocycles. The molecule has 0 unspecified atom stereocenters. The number of esters is 2. The van der Waals surface area contributed by atoms with Crippen LogP contribution in [0.3, 0.4) is 0 Å². The van der Waals surface area contributed by atoms with Crippen LogP contribution in [-0.2, 0) is 60.4 Å². The second-order valence-electron chi connectivity index (χ2n) is 28.6. The van der Waals surface area contributed by atoms with Gasteiger partial charge in [-0.2, -0.15) is 0 Å². The molecule has 11 aromatic carbocycles. The number of carboxylic acids is 1. The number of halogens is 3. The largest absolute Gasteiger partial charge is 0.478 e. The van der Waals surface area contributed by atoms with E-state index < -0.39 is 52.0 Å². The Balaban J connectivity index is 0.000000143. The van der Waals surface area contributed by atoms with E-state index in [9.17, 15) is 57.6 Å². The number of carbonyl (C=O) groups is 5. The van der Waals surface area contributed by atoms with Crippen LogP contribution in [0.25, 0.3) is 5.69 Å². The van der Waals surface area contributed by atoms with E-state index in [1.807, 2.05) is 12.1 Å². The van der Waals surface area contributed by atoms with Crippen LogP contribution in [0.15, 0.2) is 317 Å². The topological polar surface area (TPSA) is 377 Å². The van der Waals surface area contributed by atoms with E-state index in [4.69, 9.17) is 20.3 Å². The molecule has 32 heteroatoms. The molecule has 4 bridgehead atoms. The highest BCUT2D eigenvalue weighted by Crippen LogP contribution is 2.69. The van der Waals surface area contributed by atoms with E-state index in [0.717, 1.165) is 54.9 Å². The van der Waals surface area contributed by atoms with Gasteiger partial charge in [0.15, 0.2) is 0 Å². The molecule has 0 aliphatic heterocycles. The van der Waals surface area contributed by atoms with Crippen molar-refractivity contribution in [3.63, 3.8) is 0 Å². The van der Waals surface area contributed by atoms with E-state index >= 15 is 0 Å². The normalized spacial score (nSPS) is 17.5. The van der Waals surface area contributed by atoms with Gasteiger partial charge in [0.2, 0.25) is 0 Å². The maximum atomic E-state index is 13.2. The highest BCUT2D eigenvalue weighted by atomic mass is 127. The summed E-state index contributed by atoms with van der Waals surface area (Å²) in [7, 11) is -15.2. The van der Waals surface area contributed by atoms with Crippen LogP contribution >= 0.6 is 67.8 Å². The average Bonchev–Trinajstić information content (AvgIpc) is 0.708. The van der Waals surface area contributed by atoms with Crippen molar-refractivity contribution < 1.29 is 72.2 Å². The number of anilines is 5. The second-order valence-corrected chi connectivity index (χ2v) is 39.1. The molecule has 0 radical (unpaired) electrons. The van der Waals surface area contributed by atoms with Gasteiger partial charge in [-0.3, -0.25) is 28.5 Å². The number of aromatic carboxylic acids is 1. The summed E-state index contributed by atoms with van der Waals surface area (Å²) >= 11 is 6.29. The monoisotopic (exact) mass is 2030 g/mol. The Morgan fingerprint density at radius 3 is 1.02 bits per heavy atom. The number of imidazole rings is 1. The van der Waals surface area contributed by atoms with Gasteiger partial charge in [0.05, 0.1) is 89.7 Å². The lowest BCUT2D eigenvalue weighted by molar-refractivity contribution is -0.0811. The van der Waals surface area contributed by atoms with Crippen molar-refractivity contribution in [1.82, 2.24) is 20.2 Å². The van der Waals surface area contributed by atoms with Crippen LogP contribution < -0.4 is 35.3 Å². The number of aromatic nitrogens is 2. The number of benzene rings is 11. The van der Waals surface area contributed by atoms with Crippen molar-refractivity contribution in [2.75, 3.05) is 37.8 Å². The molecular formula is C88H80I3N9O16S4. The van der Waals surface area contributed by atoms with Gasteiger partial charge in [0, 0.05) is 56.4 Å². The number of nitrogen functional groups attached to an aromatic ring is 1. The standard InChI is InChI=1S/C27H24N4O3S.C24H21IN2O3S.C15H14INO4S.C13H10INO4S.C9H11NO2/c32-25(29-27-16-26(17-27,18-27)20-6-2-1-3-7-20)23-8-4-5-9-24(23)30-35(33,34)22-12-10-21(11-13-22)31-15-14-28-19-31;25-18-10-12-19(13-11-18)31(29,30)27-21-9-5-4-8-20(21)22(28)26-24-14-23(15-24,16-24)17-6-2-1-3-7-17;1-2-21-15(18)13-5-3-4-6-14(13)17-22(19,20)12-9-7-11(16)8-10-12;14-9-5-7-10(8-6-9)20(18,19)15-12-4-2-1-3-11(12)13(16)17;1-2-12-9(11)7-5-3-4-6-8(7)10/h1-15,19,30H,16-18H2,(H,29,32);1-13,27H,14-16H2,(H,26,28);3-10,17H,2H2,1H3;1-8,15H,(H,16,17);3-6H,2,10H2,1H3. The first kappa shape index (κ1) is 88.3. The Morgan fingerprint density at radius 2 is 0.683 bits per heavy atom. The fraction of sp³-hybridized carbons (Fsp3) is 0.159. The minimum Gasteiger partial charge on any atom is -0.478 e. The fourth-order valence-electron chi connectivity index (χ4n) is 14.7. The molecule has 120 heavy (non-hydrogen) atoms. The zero-order valence-electron chi connectivity index (χ0n) is 64.3. The van der Waals surface area contributed by atoms with Crippen molar-refractivity contribution in [3.05, 3.63) is 347 Å². The molecule has 0 spiro atoms. The number of ether oxygens (including phenoxy) is 2. The van der Waals surface area contributed by atoms with Gasteiger partial charge in [-0.25, -0.2) is 53.0 Å². The number of amides is 2. The average molecular weight is 2030 g/mol. The van der Waals surface area contributed by atoms with Gasteiger partial charge in [-0.1, -0.05) is 121 Å². The predicted molar refractivity (Wildman–Crippen MR) is 484 cm³/mol. The molecule has 618 valence electrons. The van der Waals surface area contributed by atoms with E-state index in [0.29, 0.717) is 29.0 Å². The lowest BCUT2D eigenvalue weighted by atomic mass is 9.37. The molecule has 25 nitrogen and oxygen atoms in total. The van der Waals surface area contributed by atoms with Crippen molar-refractivity contribution in [2.24, 2.45) is 0 Å². The number of sulfonamides is 4. The Labute approximate surface area is 736 Å². The summed E-state index contributed by atoms with van der Waals surface area (Å²) in [4.78, 5) is 64.8. The van der Waals surface area contributed by atoms with E-state index in [1.54, 1.807) is 189 Å². The SMILES string of the molecule is CCOC(=O)c1ccccc1N.CCOC(=O)c1ccccc1NS(=O)(=O)c1ccc(I)cc1.O=C(NC12CC(c3ccccc3)(C1)C2)c1ccccc1NS(=O)(=O)c1ccc(-n2ccnc2)cc1.O=C(NC12CC(c3ccccc3)(C1)C2)c1ccccc1NS(=O)(=O)c1ccc(I)cc1.O=C(O)c1ccccc1NS(=O)(=O)c1ccc(I)cc1. The summed E-state index contributed by atoms with van der Waals surface area (Å²) in [5, 5.41) is 15.4. The van der Waals surface area contributed by atoms with Crippen molar-refractivity contribution in [3.8, 4) is 5.69 Å². The molecule has 9 N–H and O–H groups in total. The zero-order chi connectivity index (χ0) is 85.7. The van der Waals surface area contributed by atoms with Gasteiger partial charge < -0.3 is 35.5 Å². The number of para-hydroxylation sites is 5. The summed E-state index contributed by atoms with van der Waals surface area (Å²) in [6.07, 6.45) is 10.6. The Morgan fingerprint density at radius 1 is 0.392 bits per heavy atom. The van der Waals surface area contributed by atoms with Crippen LogP contribution in [0, 0.1) is 10.7 Å². The van der Waals surface area contributed by atoms with Crippen LogP contribution in [-0.4, -0.2) is 102 Å². The summed E-state index contributed by atoms with van der Waals surface area (Å²) in [5.74, 6) is -2.63. The predicted octanol–water partition coefficient (Wildman–Crippen LogP) is 16.5. The minimum absolute atomic E-state index is 0.0403. The minimum atomic E-state index is -3.88. The smallest absolute Gasteiger partial charge is 0.340 e. The van der Waals surface area contributed by atoms with Gasteiger partial charge in [0.25, 0.3) is 51.9 Å². The highest BCUT2D eigenvalue weighted by Gasteiger charge is 2.70. The first-order valence-electron chi connectivity index (χ1n) is 37.3. The number of nitrogens with one attached hydrogen (secondary N) is 6. The maximum Gasteiger partial charge on any atom is 0.340 e. The summed E-state index contributed by atoms with van der Waals surface area (Å²) in [6.45, 7) is 4.04. The Kier molecular flexibility index (Phi) is 27.7. The molecule has 2 amide bonds. The Hall–Kier alpha value is -11.0. The maximum absolute atomic E-state index is 13.2. The third kappa shape index (κ3) is 21.0. The third-order valence-electron chi connectivity index (χ3n) is 20.3. The Bertz CT molecular complexity index is 6190. The number of carboxylic acid groups (broad SMARTS) is 1. The molecule has 1 heterocycles. The van der Waals surface area contributed by atoms with Crippen LogP contribution in [0.5, 0.6) is 0 Å². The summed E-state index contributed by atoms with van der Waals surface area (Å²) < 4.78 is 125. The quantitative estimate of drug-likeness (QED) is 0.0158. The molecule has 0 atom stereocenters. The number of rotatable bonds is 24. The first-order valence-corrected chi connectivity index (χ1v) is 46.5. The molecule has 18 rings (SSSR count). The lowest BCUT2D eigenvalue weighted by Crippen LogP contribution is -2.76. The second kappa shape index (κ2) is 37.7. The molecule has 12 aromatic rings. The summed E-state index contributed by atoms with van der Waals surface area (Å²) in [5.41, 5.74) is 11.3. The molecule has 6 aliphatic rings. The van der Waals surface area contributed by atoms with Crippen LogP contribution in [0.1, 0.15) is 115 Å². The lowest BCUT2D eigenvalue weighted by Gasteiger charge is -2.71. The van der Waals surface area contributed by atoms with E-state index in [1.165, 1.54) is 77.9 Å². The van der Waals surface area contributed by atoms with Gasteiger partial charge >= 0.3 is 17.9 Å². The van der Waals surface area contributed by atoms with Gasteiger partial charge in [-0.05, 0) is 289 Å². The number of carbonyl (C=O) groups excluding carboxylic acids is 4. The van der Waals surface area contributed by atoms with E-state index in [2.05, 4.69) is 151 Å². The first-order chi connectivity index (χ1) is 57.3. The van der Waals surface area contributed by atoms with Crippen molar-refractivity contribution >= 4 is 166 Å². The van der Waals surface area contributed by atoms with Crippen LogP contribution in [0.4, 0.5) is 28.4 Å². The molecular weight excluding hydrogens is 1950 g/mol. The highest BCUT2D eigenvalue weighted by molar-refractivity contribution is 14.1. The van der Waals surface area contributed by atoms with Gasteiger partial charge in [0.1, 0.15) is 0 Å². The molecule has 0 saturated heterocycles. The van der Waals surface area contributed by atoms with Crippen molar-refractivity contribution in [1.29, 1.82) is 0 Å². The van der Waals surface area contributed by atoms with E-state index in [-0.39, 0.29) is 99.8 Å². The van der Waals surface area contributed by atoms with Crippen LogP contribution in [0.2, 0.25) is 0 Å². The molecule has 6 saturated carbocycles. The number of nitrogens with two attached hydrogens (primary N) is 1. The number of nitrogens with zero attached hydrogens (tertiary/aromatic N) is 2. The molecule has 1 aromatic heterocycles. The molecule has 6 fully saturated rings. The fourth-order valence-corrected chi connectivity index (χ4v) is 20.1. The zero-order valence-corrected chi connectivity index (χ0v) is 74.0. The van der Waals surface area contributed by atoms with Gasteiger partial charge in [-0.15, -0.1) is 0 Å². The third-order valence-corrected chi connectivity index (χ3v) is 28.0. The number of hydrogen-bond acceptors (Lipinski definition) is 17. The van der Waals surface area contributed by atoms with Crippen molar-refractivity contribution in [2.45, 2.75) is 93.9 Å². The summed E-state index contributed by atoms with van der Waals surface area (Å²) in [6, 6.07) is 79.1.